The first-order valence-electron chi connectivity index (χ1n) is 8.04. The van der Waals surface area contributed by atoms with E-state index in [0.29, 0.717) is 17.0 Å². The van der Waals surface area contributed by atoms with E-state index in [1.165, 1.54) is 23.5 Å². The minimum Gasteiger partial charge on any atom is -0.484 e. The highest BCUT2D eigenvalue weighted by molar-refractivity contribution is 7.16. The average Bonchev–Trinajstić information content (AvgIpc) is 2.91. The van der Waals surface area contributed by atoms with Crippen LogP contribution in [0.15, 0.2) is 18.2 Å². The fourth-order valence-electron chi connectivity index (χ4n) is 2.39. The van der Waals surface area contributed by atoms with Crippen molar-refractivity contribution in [1.82, 2.24) is 0 Å². The van der Waals surface area contributed by atoms with Crippen LogP contribution in [0.25, 0.3) is 0 Å². The Morgan fingerprint density at radius 1 is 1.31 bits per heavy atom. The second kappa shape index (κ2) is 9.00. The van der Waals surface area contributed by atoms with Crippen LogP contribution in [-0.4, -0.2) is 25.1 Å². The summed E-state index contributed by atoms with van der Waals surface area (Å²) in [6.07, 6.45) is 0.650. The van der Waals surface area contributed by atoms with Gasteiger partial charge in [-0.2, -0.15) is 0 Å². The van der Waals surface area contributed by atoms with Crippen molar-refractivity contribution < 1.29 is 23.5 Å². The largest absolute Gasteiger partial charge is 0.484 e. The van der Waals surface area contributed by atoms with Gasteiger partial charge in [-0.3, -0.25) is 4.79 Å². The smallest absolute Gasteiger partial charge is 0.341 e. The maximum absolute atomic E-state index is 13.1. The zero-order valence-electron chi connectivity index (χ0n) is 14.7. The Labute approximate surface area is 160 Å². The van der Waals surface area contributed by atoms with Gasteiger partial charge < -0.3 is 14.8 Å². The number of hydrogen-bond donors (Lipinski definition) is 1. The molecule has 0 fully saturated rings. The van der Waals surface area contributed by atoms with E-state index in [2.05, 4.69) is 5.32 Å². The molecule has 0 radical (unpaired) electrons. The Kier molecular flexibility index (Phi) is 6.99. The standard InChI is InChI=1S/C18H19ClFNO4S/c1-4-12-10(3)26-17(16(12)18(23)24-5-2)21-15(22)9-25-11-6-7-14(20)13(19)8-11/h6-8H,4-5,9H2,1-3H3,(H,21,22). The molecule has 0 aliphatic carbocycles. The van der Waals surface area contributed by atoms with Gasteiger partial charge in [-0.25, -0.2) is 9.18 Å². The van der Waals surface area contributed by atoms with Crippen molar-refractivity contribution in [2.24, 2.45) is 0 Å². The van der Waals surface area contributed by atoms with Gasteiger partial charge in [-0.1, -0.05) is 18.5 Å². The molecule has 2 aromatic rings. The van der Waals surface area contributed by atoms with Crippen LogP contribution in [-0.2, 0) is 16.0 Å². The number of benzene rings is 1. The van der Waals surface area contributed by atoms with Crippen LogP contribution in [0.3, 0.4) is 0 Å². The van der Waals surface area contributed by atoms with Crippen molar-refractivity contribution in [2.45, 2.75) is 27.2 Å². The van der Waals surface area contributed by atoms with Crippen molar-refractivity contribution in [3.05, 3.63) is 45.0 Å². The zero-order valence-corrected chi connectivity index (χ0v) is 16.2. The van der Waals surface area contributed by atoms with E-state index in [4.69, 9.17) is 21.1 Å². The van der Waals surface area contributed by atoms with Gasteiger partial charge in [0, 0.05) is 10.9 Å². The monoisotopic (exact) mass is 399 g/mol. The molecule has 1 N–H and O–H groups in total. The summed E-state index contributed by atoms with van der Waals surface area (Å²) in [5.74, 6) is -1.20. The quantitative estimate of drug-likeness (QED) is 0.691. The number of carbonyl (C=O) groups excluding carboxylic acids is 2. The molecule has 0 unspecified atom stereocenters. The molecule has 0 bridgehead atoms. The Hall–Kier alpha value is -2.12. The minimum atomic E-state index is -0.566. The van der Waals surface area contributed by atoms with E-state index in [1.807, 2.05) is 13.8 Å². The molecule has 2 rings (SSSR count). The van der Waals surface area contributed by atoms with Crippen molar-refractivity contribution in [3.63, 3.8) is 0 Å². The summed E-state index contributed by atoms with van der Waals surface area (Å²) in [5.41, 5.74) is 1.24. The number of rotatable bonds is 7. The van der Waals surface area contributed by atoms with E-state index < -0.39 is 17.7 Å². The van der Waals surface area contributed by atoms with Crippen LogP contribution >= 0.6 is 22.9 Å². The maximum atomic E-state index is 13.1. The summed E-state index contributed by atoms with van der Waals surface area (Å²) in [7, 11) is 0. The van der Waals surface area contributed by atoms with Crippen LogP contribution < -0.4 is 10.1 Å². The van der Waals surface area contributed by atoms with Gasteiger partial charge in [0.1, 0.15) is 16.6 Å². The van der Waals surface area contributed by atoms with Crippen molar-refractivity contribution in [2.75, 3.05) is 18.5 Å². The number of esters is 1. The Morgan fingerprint density at radius 2 is 2.04 bits per heavy atom. The summed E-state index contributed by atoms with van der Waals surface area (Å²) in [5, 5.41) is 3.03. The molecule has 0 aliphatic heterocycles. The fraction of sp³-hybridized carbons (Fsp3) is 0.333. The first-order chi connectivity index (χ1) is 12.4. The van der Waals surface area contributed by atoms with E-state index in [1.54, 1.807) is 6.92 Å². The van der Waals surface area contributed by atoms with Gasteiger partial charge in [-0.15, -0.1) is 11.3 Å². The summed E-state index contributed by atoms with van der Waals surface area (Å²) in [4.78, 5) is 25.4. The number of carbonyl (C=O) groups is 2. The average molecular weight is 400 g/mol. The molecular formula is C18H19ClFNO4S. The third-order valence-corrected chi connectivity index (χ3v) is 4.91. The summed E-state index contributed by atoms with van der Waals surface area (Å²) >= 11 is 6.99. The molecule has 0 spiro atoms. The van der Waals surface area contributed by atoms with E-state index in [0.717, 1.165) is 16.5 Å². The highest BCUT2D eigenvalue weighted by Gasteiger charge is 2.23. The Morgan fingerprint density at radius 3 is 2.65 bits per heavy atom. The number of halogens is 2. The van der Waals surface area contributed by atoms with Crippen molar-refractivity contribution in [1.29, 1.82) is 0 Å². The third-order valence-electron chi connectivity index (χ3n) is 3.56. The maximum Gasteiger partial charge on any atom is 0.341 e. The molecule has 1 aromatic heterocycles. The minimum absolute atomic E-state index is 0.0889. The number of thiophene rings is 1. The number of anilines is 1. The SMILES string of the molecule is CCOC(=O)c1c(NC(=O)COc2ccc(F)c(Cl)c2)sc(C)c1CC. The van der Waals surface area contributed by atoms with Crippen LogP contribution in [0.1, 0.15) is 34.6 Å². The second-order valence-corrected chi connectivity index (χ2v) is 6.96. The summed E-state index contributed by atoms with van der Waals surface area (Å²) in [6, 6.07) is 3.83. The highest BCUT2D eigenvalue weighted by Crippen LogP contribution is 2.34. The molecular weight excluding hydrogens is 381 g/mol. The van der Waals surface area contributed by atoms with Gasteiger partial charge in [0.15, 0.2) is 6.61 Å². The molecule has 5 nitrogen and oxygen atoms in total. The van der Waals surface area contributed by atoms with Crippen LogP contribution in [0.2, 0.25) is 5.02 Å². The number of hydrogen-bond acceptors (Lipinski definition) is 5. The summed E-state index contributed by atoms with van der Waals surface area (Å²) in [6.45, 7) is 5.49. The predicted octanol–water partition coefficient (Wildman–Crippen LogP) is 4.61. The van der Waals surface area contributed by atoms with Gasteiger partial charge in [0.25, 0.3) is 5.91 Å². The topological polar surface area (TPSA) is 64.6 Å². The third kappa shape index (κ3) is 4.74. The Balaban J connectivity index is 2.10. The number of nitrogens with one attached hydrogen (secondary N) is 1. The molecule has 0 saturated heterocycles. The molecule has 1 heterocycles. The van der Waals surface area contributed by atoms with E-state index in [9.17, 15) is 14.0 Å². The van der Waals surface area contributed by atoms with E-state index in [-0.39, 0.29) is 24.0 Å². The van der Waals surface area contributed by atoms with Gasteiger partial charge in [0.2, 0.25) is 0 Å². The summed E-state index contributed by atoms with van der Waals surface area (Å²) < 4.78 is 23.5. The zero-order chi connectivity index (χ0) is 19.3. The fourth-order valence-corrected chi connectivity index (χ4v) is 3.71. The second-order valence-electron chi connectivity index (χ2n) is 5.33. The lowest BCUT2D eigenvalue weighted by molar-refractivity contribution is -0.118. The van der Waals surface area contributed by atoms with Crippen LogP contribution in [0, 0.1) is 12.7 Å². The molecule has 0 saturated carbocycles. The number of aryl methyl sites for hydroxylation is 1. The molecule has 1 aromatic carbocycles. The first kappa shape index (κ1) is 20.2. The van der Waals surface area contributed by atoms with Crippen LogP contribution in [0.5, 0.6) is 5.75 Å². The van der Waals surface area contributed by atoms with Crippen LogP contribution in [0.4, 0.5) is 9.39 Å². The van der Waals surface area contributed by atoms with Gasteiger partial charge in [0.05, 0.1) is 17.2 Å². The number of amides is 1. The molecule has 140 valence electrons. The molecule has 1 amide bonds. The van der Waals surface area contributed by atoms with Crippen molar-refractivity contribution in [3.8, 4) is 5.75 Å². The molecule has 0 atom stereocenters. The van der Waals surface area contributed by atoms with Crippen molar-refractivity contribution >= 4 is 39.8 Å². The normalized spacial score (nSPS) is 10.5. The lowest BCUT2D eigenvalue weighted by Gasteiger charge is -2.09. The lowest BCUT2D eigenvalue weighted by atomic mass is 10.1. The van der Waals surface area contributed by atoms with Gasteiger partial charge in [-0.05, 0) is 38.0 Å². The predicted molar refractivity (Wildman–Crippen MR) is 99.9 cm³/mol. The molecule has 0 aliphatic rings. The lowest BCUT2D eigenvalue weighted by Crippen LogP contribution is -2.21. The van der Waals surface area contributed by atoms with E-state index >= 15 is 0 Å². The highest BCUT2D eigenvalue weighted by atomic mass is 35.5. The Bertz CT molecular complexity index is 822. The molecule has 8 heteroatoms. The molecule has 26 heavy (non-hydrogen) atoms. The number of ether oxygens (including phenoxy) is 2. The van der Waals surface area contributed by atoms with Gasteiger partial charge >= 0.3 is 5.97 Å². The first-order valence-corrected chi connectivity index (χ1v) is 9.23.